The van der Waals surface area contributed by atoms with E-state index in [-0.39, 0.29) is 29.7 Å². The number of nitrogens with one attached hydrogen (secondary N) is 2. The van der Waals surface area contributed by atoms with Crippen LogP contribution >= 0.6 is 22.7 Å². The molecule has 0 aliphatic heterocycles. The van der Waals surface area contributed by atoms with Gasteiger partial charge in [0.25, 0.3) is 0 Å². The van der Waals surface area contributed by atoms with Crippen molar-refractivity contribution < 1.29 is 28.5 Å². The van der Waals surface area contributed by atoms with Crippen molar-refractivity contribution in [3.05, 3.63) is 52.3 Å². The Morgan fingerprint density at radius 1 is 1.16 bits per heavy atom. The van der Waals surface area contributed by atoms with E-state index in [0.29, 0.717) is 22.7 Å². The molecule has 5 N–H and O–H groups in total. The van der Waals surface area contributed by atoms with E-state index < -0.39 is 30.0 Å². The van der Waals surface area contributed by atoms with Crippen LogP contribution < -0.4 is 10.6 Å². The number of benzene rings is 1. The molecule has 8 nitrogen and oxygen atoms in total. The third kappa shape index (κ3) is 5.01. The molecule has 3 heterocycles. The Hall–Kier alpha value is -2.84. The molecule has 1 aliphatic carbocycles. The number of nitrogens with zero attached hydrogens (tertiary/aromatic N) is 3. The van der Waals surface area contributed by atoms with Crippen molar-refractivity contribution in [2.45, 2.75) is 43.8 Å². The molecular formula is C24H24F3N5O3S2. The molecule has 1 aromatic carbocycles. The summed E-state index contributed by atoms with van der Waals surface area (Å²) < 4.78 is 42.7. The number of halogens is 3. The second-order valence-corrected chi connectivity index (χ2v) is 11.0. The first-order chi connectivity index (χ1) is 17.6. The Morgan fingerprint density at radius 2 is 1.95 bits per heavy atom. The number of hydrogen-bond acceptors (Lipinski definition) is 10. The Kier molecular flexibility index (Phi) is 6.83. The van der Waals surface area contributed by atoms with E-state index in [1.807, 2.05) is 24.3 Å². The summed E-state index contributed by atoms with van der Waals surface area (Å²) in [5, 5.41) is 38.8. The van der Waals surface area contributed by atoms with E-state index in [4.69, 9.17) is 0 Å². The highest BCUT2D eigenvalue weighted by molar-refractivity contribution is 7.21. The van der Waals surface area contributed by atoms with Gasteiger partial charge in [-0.1, -0.05) is 18.2 Å². The largest absolute Gasteiger partial charge is 0.413 e. The van der Waals surface area contributed by atoms with Crippen LogP contribution in [0, 0.1) is 12.8 Å². The summed E-state index contributed by atoms with van der Waals surface area (Å²) in [5.41, 5.74) is -0.390. The maximum Gasteiger partial charge on any atom is 0.413 e. The molecule has 0 radical (unpaired) electrons. The van der Waals surface area contributed by atoms with E-state index in [0.717, 1.165) is 21.6 Å². The minimum absolute atomic E-state index is 0.0290. The molecule has 0 bridgehead atoms. The summed E-state index contributed by atoms with van der Waals surface area (Å²) in [6, 6.07) is 8.32. The van der Waals surface area contributed by atoms with Crippen LogP contribution in [0.25, 0.3) is 20.8 Å². The SMILES string of the molecule is Cc1nc(N[C@@H](c2cccs2)C(F)(F)F)nc(N[C@@]2(O)CC[C@H](CO)[C@H]2O)c1-c1nc2ccccc2s1. The van der Waals surface area contributed by atoms with Gasteiger partial charge in [0, 0.05) is 17.4 Å². The van der Waals surface area contributed by atoms with Gasteiger partial charge in [-0.15, -0.1) is 22.7 Å². The van der Waals surface area contributed by atoms with Gasteiger partial charge in [-0.2, -0.15) is 18.2 Å². The first kappa shape index (κ1) is 25.8. The van der Waals surface area contributed by atoms with Crippen LogP contribution in [-0.2, 0) is 0 Å². The normalized spacial score (nSPS) is 22.9. The molecule has 0 amide bonds. The zero-order chi connectivity index (χ0) is 26.4. The second-order valence-electron chi connectivity index (χ2n) is 8.95. The maximum atomic E-state index is 13.9. The average molecular weight is 552 g/mol. The van der Waals surface area contributed by atoms with Crippen molar-refractivity contribution in [2.75, 3.05) is 17.2 Å². The van der Waals surface area contributed by atoms with Crippen LogP contribution in [0.1, 0.15) is 29.5 Å². The van der Waals surface area contributed by atoms with Crippen molar-refractivity contribution in [3.63, 3.8) is 0 Å². The number of anilines is 2. The smallest absolute Gasteiger partial charge is 0.396 e. The molecule has 37 heavy (non-hydrogen) atoms. The molecule has 196 valence electrons. The van der Waals surface area contributed by atoms with Gasteiger partial charge in [-0.05, 0) is 43.3 Å². The Balaban J connectivity index is 1.60. The van der Waals surface area contributed by atoms with E-state index >= 15 is 0 Å². The number of rotatable bonds is 7. The van der Waals surface area contributed by atoms with Crippen molar-refractivity contribution >= 4 is 44.7 Å². The van der Waals surface area contributed by atoms with Gasteiger partial charge in [-0.3, -0.25) is 0 Å². The number of hydrogen-bond donors (Lipinski definition) is 5. The monoisotopic (exact) mass is 551 g/mol. The summed E-state index contributed by atoms with van der Waals surface area (Å²) in [4.78, 5) is 13.3. The molecule has 0 unspecified atom stereocenters. The number of thiazole rings is 1. The van der Waals surface area contributed by atoms with Gasteiger partial charge in [-0.25, -0.2) is 9.97 Å². The van der Waals surface area contributed by atoms with Crippen molar-refractivity contribution in [3.8, 4) is 10.6 Å². The fraction of sp³-hybridized carbons (Fsp3) is 0.375. The summed E-state index contributed by atoms with van der Waals surface area (Å²) in [7, 11) is 0. The molecule has 0 spiro atoms. The molecule has 4 aromatic rings. The Bertz CT molecular complexity index is 1370. The van der Waals surface area contributed by atoms with Gasteiger partial charge in [0.05, 0.1) is 21.5 Å². The second kappa shape index (κ2) is 9.80. The van der Waals surface area contributed by atoms with Gasteiger partial charge in [0.15, 0.2) is 11.8 Å². The van der Waals surface area contributed by atoms with Gasteiger partial charge < -0.3 is 26.0 Å². The standard InChI is InChI=1S/C24H24F3N5O3S2/c1-12-17(21-29-14-5-2-3-6-15(14)37-21)20(32-23(35)9-8-13(11-33)19(23)34)31-22(28-12)30-18(24(25,26)27)16-7-4-10-36-16/h2-7,10,13,18-19,33-35H,8-9,11H2,1H3,(H2,28,30,31,32)/t13-,18+,19-,23-/m1/s1. The number of fused-ring (bicyclic) bond motifs is 1. The van der Waals surface area contributed by atoms with Gasteiger partial charge in [0.1, 0.15) is 16.9 Å². The molecule has 3 aromatic heterocycles. The summed E-state index contributed by atoms with van der Waals surface area (Å²) >= 11 is 2.31. The van der Waals surface area contributed by atoms with Crippen molar-refractivity contribution in [2.24, 2.45) is 5.92 Å². The average Bonchev–Trinajstić information content (AvgIpc) is 3.57. The minimum atomic E-state index is -4.62. The molecule has 0 saturated heterocycles. The highest BCUT2D eigenvalue weighted by Gasteiger charge is 2.47. The molecule has 1 fully saturated rings. The van der Waals surface area contributed by atoms with Crippen LogP contribution in [0.15, 0.2) is 41.8 Å². The van der Waals surface area contributed by atoms with Gasteiger partial charge in [0.2, 0.25) is 5.95 Å². The number of thiophene rings is 1. The molecule has 13 heteroatoms. The number of para-hydroxylation sites is 1. The summed E-state index contributed by atoms with van der Waals surface area (Å²) in [6.45, 7) is 1.30. The number of aryl methyl sites for hydroxylation is 1. The zero-order valence-electron chi connectivity index (χ0n) is 19.5. The molecule has 4 atom stereocenters. The number of alkyl halides is 3. The molecule has 1 saturated carbocycles. The lowest BCUT2D eigenvalue weighted by atomic mass is 10.0. The fourth-order valence-electron chi connectivity index (χ4n) is 4.50. The van der Waals surface area contributed by atoms with Crippen LogP contribution in [0.3, 0.4) is 0 Å². The highest BCUT2D eigenvalue weighted by atomic mass is 32.1. The van der Waals surface area contributed by atoms with Crippen molar-refractivity contribution in [1.82, 2.24) is 15.0 Å². The molecule has 5 rings (SSSR count). The van der Waals surface area contributed by atoms with E-state index in [1.54, 1.807) is 12.3 Å². The first-order valence-electron chi connectivity index (χ1n) is 11.5. The van der Waals surface area contributed by atoms with E-state index in [2.05, 4.69) is 25.6 Å². The van der Waals surface area contributed by atoms with Crippen LogP contribution in [-0.4, -0.2) is 54.9 Å². The summed E-state index contributed by atoms with van der Waals surface area (Å²) in [5.74, 6) is -0.825. The highest BCUT2D eigenvalue weighted by Crippen LogP contribution is 2.42. The third-order valence-corrected chi connectivity index (χ3v) is 8.42. The van der Waals surface area contributed by atoms with Crippen molar-refractivity contribution in [1.29, 1.82) is 0 Å². The molecular weight excluding hydrogens is 527 g/mol. The minimum Gasteiger partial charge on any atom is -0.396 e. The van der Waals surface area contributed by atoms with E-state index in [1.165, 1.54) is 23.5 Å². The van der Waals surface area contributed by atoms with Crippen LogP contribution in [0.2, 0.25) is 0 Å². The zero-order valence-corrected chi connectivity index (χ0v) is 21.2. The quantitative estimate of drug-likeness (QED) is 0.210. The first-order valence-corrected chi connectivity index (χ1v) is 13.2. The third-order valence-electron chi connectivity index (χ3n) is 6.43. The van der Waals surface area contributed by atoms with Crippen LogP contribution in [0.5, 0.6) is 0 Å². The fourth-order valence-corrected chi connectivity index (χ4v) is 6.36. The lowest BCUT2D eigenvalue weighted by Crippen LogP contribution is -2.48. The van der Waals surface area contributed by atoms with Crippen LogP contribution in [0.4, 0.5) is 24.9 Å². The topological polar surface area (TPSA) is 123 Å². The summed E-state index contributed by atoms with van der Waals surface area (Å²) in [6.07, 6.45) is -5.48. The predicted molar refractivity (Wildman–Crippen MR) is 137 cm³/mol. The lowest BCUT2D eigenvalue weighted by Gasteiger charge is -2.31. The number of aromatic nitrogens is 3. The Morgan fingerprint density at radius 3 is 2.59 bits per heavy atom. The van der Waals surface area contributed by atoms with Gasteiger partial charge >= 0.3 is 6.18 Å². The van der Waals surface area contributed by atoms with E-state index in [9.17, 15) is 28.5 Å². The number of aliphatic hydroxyl groups is 3. The maximum absolute atomic E-state index is 13.9. The lowest BCUT2D eigenvalue weighted by molar-refractivity contribution is -0.143. The Labute approximate surface area is 217 Å². The predicted octanol–water partition coefficient (Wildman–Crippen LogP) is 4.70. The molecule has 1 aliphatic rings. The number of aliphatic hydroxyl groups excluding tert-OH is 2.